The topological polar surface area (TPSA) is 58.0 Å². The number of hydrogen-bond donors (Lipinski definition) is 0. The minimum Gasteiger partial charge on any atom is -0.497 e. The summed E-state index contributed by atoms with van der Waals surface area (Å²) in [6.45, 7) is 0. The Bertz CT molecular complexity index is 396. The molecule has 0 amide bonds. The predicted octanol–water partition coefficient (Wildman–Crippen LogP) is 2.99. The molecule has 0 saturated carbocycles. The smallest absolute Gasteiger partial charge is 0.119 e. The summed E-state index contributed by atoms with van der Waals surface area (Å²) in [5.41, 5.74) is 10.8. The summed E-state index contributed by atoms with van der Waals surface area (Å²) in [7, 11) is 1.65. The van der Waals surface area contributed by atoms with Gasteiger partial charge in [0.25, 0.3) is 0 Å². The Morgan fingerprint density at radius 2 is 2.43 bits per heavy atom. The second kappa shape index (κ2) is 3.60. The molecule has 0 N–H and O–H groups in total. The molecule has 1 aliphatic rings. The Kier molecular flexibility index (Phi) is 2.29. The molecule has 0 saturated heterocycles. The molecule has 0 radical (unpaired) electrons. The second-order valence-electron chi connectivity index (χ2n) is 3.32. The first-order valence-corrected chi connectivity index (χ1v) is 4.56. The van der Waals surface area contributed by atoms with E-state index >= 15 is 0 Å². The maximum Gasteiger partial charge on any atom is 0.119 e. The molecule has 1 unspecified atom stereocenters. The molecule has 0 spiro atoms. The zero-order valence-electron chi connectivity index (χ0n) is 7.97. The van der Waals surface area contributed by atoms with Crippen LogP contribution in [-0.2, 0) is 6.42 Å². The molecule has 0 bridgehead atoms. The minimum atomic E-state index is 0.0147. The summed E-state index contributed by atoms with van der Waals surface area (Å²) in [5, 5.41) is 3.76. The summed E-state index contributed by atoms with van der Waals surface area (Å²) >= 11 is 0. The Labute approximate surface area is 82.1 Å². The molecule has 1 aromatic rings. The van der Waals surface area contributed by atoms with Gasteiger partial charge in [0.15, 0.2) is 0 Å². The normalized spacial score (nSPS) is 18.5. The fraction of sp³-hybridized carbons (Fsp3) is 0.400. The van der Waals surface area contributed by atoms with Crippen molar-refractivity contribution in [1.82, 2.24) is 0 Å². The lowest BCUT2D eigenvalue weighted by atomic mass is 10.1. The van der Waals surface area contributed by atoms with Gasteiger partial charge in [-0.05, 0) is 41.6 Å². The third-order valence-corrected chi connectivity index (χ3v) is 2.59. The Hall–Kier alpha value is -1.67. The van der Waals surface area contributed by atoms with Crippen molar-refractivity contribution in [3.05, 3.63) is 39.8 Å². The van der Waals surface area contributed by atoms with E-state index in [0.29, 0.717) is 0 Å². The average Bonchev–Trinajstić information content (AvgIpc) is 2.61. The van der Waals surface area contributed by atoms with Crippen molar-refractivity contribution in [2.45, 2.75) is 18.9 Å². The van der Waals surface area contributed by atoms with E-state index in [0.717, 1.165) is 24.2 Å². The number of nitrogens with zero attached hydrogens (tertiary/aromatic N) is 3. The third kappa shape index (κ3) is 1.40. The van der Waals surface area contributed by atoms with Gasteiger partial charge in [0.2, 0.25) is 0 Å². The summed E-state index contributed by atoms with van der Waals surface area (Å²) in [4.78, 5) is 2.85. The van der Waals surface area contributed by atoms with Crippen molar-refractivity contribution in [3.8, 4) is 5.75 Å². The maximum absolute atomic E-state index is 8.39. The highest BCUT2D eigenvalue weighted by Gasteiger charge is 2.21. The molecule has 4 nitrogen and oxygen atoms in total. The molecule has 0 fully saturated rings. The van der Waals surface area contributed by atoms with Crippen LogP contribution in [0.1, 0.15) is 23.6 Å². The van der Waals surface area contributed by atoms with Crippen LogP contribution in [-0.4, -0.2) is 7.11 Å². The quantitative estimate of drug-likeness (QED) is 0.400. The molecule has 2 rings (SSSR count). The van der Waals surface area contributed by atoms with Gasteiger partial charge in [-0.3, -0.25) is 0 Å². The monoisotopic (exact) mass is 189 g/mol. The van der Waals surface area contributed by atoms with E-state index in [9.17, 15) is 0 Å². The van der Waals surface area contributed by atoms with E-state index in [1.54, 1.807) is 7.11 Å². The summed E-state index contributed by atoms with van der Waals surface area (Å²) < 4.78 is 5.13. The van der Waals surface area contributed by atoms with Crippen LogP contribution in [0.3, 0.4) is 0 Å². The number of ether oxygens (including phenoxy) is 1. The number of fused-ring (bicyclic) bond motifs is 1. The highest BCUT2D eigenvalue weighted by atomic mass is 16.5. The van der Waals surface area contributed by atoms with Gasteiger partial charge >= 0.3 is 0 Å². The van der Waals surface area contributed by atoms with Gasteiger partial charge in [0.1, 0.15) is 5.75 Å². The van der Waals surface area contributed by atoms with Crippen LogP contribution >= 0.6 is 0 Å². The number of hydrogen-bond acceptors (Lipinski definition) is 2. The molecule has 0 aromatic heterocycles. The van der Waals surface area contributed by atoms with Crippen molar-refractivity contribution >= 4 is 0 Å². The van der Waals surface area contributed by atoms with Gasteiger partial charge < -0.3 is 4.74 Å². The van der Waals surface area contributed by atoms with Gasteiger partial charge in [-0.15, -0.1) is 0 Å². The lowest BCUT2D eigenvalue weighted by Crippen LogP contribution is -1.89. The number of rotatable bonds is 2. The number of methoxy groups -OCH3 is 1. The van der Waals surface area contributed by atoms with E-state index in [2.05, 4.69) is 10.0 Å². The molecule has 0 aliphatic heterocycles. The molecule has 72 valence electrons. The van der Waals surface area contributed by atoms with Crippen molar-refractivity contribution in [2.75, 3.05) is 7.11 Å². The van der Waals surface area contributed by atoms with Crippen molar-refractivity contribution in [2.24, 2.45) is 5.11 Å². The van der Waals surface area contributed by atoms with Gasteiger partial charge in [0.05, 0.1) is 13.2 Å². The molecule has 1 aliphatic carbocycles. The average molecular weight is 189 g/mol. The standard InChI is InChI=1S/C10H11N3O/c1-14-8-3-4-9-7(6-8)2-5-10(9)12-13-11/h3-4,6,10H,2,5H2,1H3. The number of aryl methyl sites for hydroxylation is 1. The van der Waals surface area contributed by atoms with Crippen LogP contribution in [0.25, 0.3) is 10.4 Å². The molecule has 1 atom stereocenters. The summed E-state index contributed by atoms with van der Waals surface area (Å²) in [6, 6.07) is 5.92. The van der Waals surface area contributed by atoms with Crippen molar-refractivity contribution < 1.29 is 4.74 Å². The van der Waals surface area contributed by atoms with Gasteiger partial charge in [0, 0.05) is 4.91 Å². The first-order valence-electron chi connectivity index (χ1n) is 4.56. The molecule has 4 heteroatoms. The van der Waals surface area contributed by atoms with Crippen LogP contribution in [0.5, 0.6) is 5.75 Å². The zero-order valence-corrected chi connectivity index (χ0v) is 7.97. The zero-order chi connectivity index (χ0) is 9.97. The lowest BCUT2D eigenvalue weighted by Gasteiger charge is -2.05. The second-order valence-corrected chi connectivity index (χ2v) is 3.32. The van der Waals surface area contributed by atoms with E-state index in [1.807, 2.05) is 18.2 Å². The SMILES string of the molecule is COc1ccc2c(c1)CCC2N=[N+]=[N-]. The lowest BCUT2D eigenvalue weighted by molar-refractivity contribution is 0.414. The predicted molar refractivity (Wildman–Crippen MR) is 53.2 cm³/mol. The largest absolute Gasteiger partial charge is 0.497 e. The van der Waals surface area contributed by atoms with Gasteiger partial charge in [-0.2, -0.15) is 0 Å². The Morgan fingerprint density at radius 1 is 1.57 bits per heavy atom. The molecular formula is C10H11N3O. The number of benzene rings is 1. The first kappa shape index (κ1) is 8.91. The van der Waals surface area contributed by atoms with Crippen LogP contribution in [0.15, 0.2) is 23.3 Å². The van der Waals surface area contributed by atoms with E-state index in [1.165, 1.54) is 5.56 Å². The van der Waals surface area contributed by atoms with E-state index in [4.69, 9.17) is 10.3 Å². The summed E-state index contributed by atoms with van der Waals surface area (Å²) in [5.74, 6) is 0.866. The minimum absolute atomic E-state index is 0.0147. The van der Waals surface area contributed by atoms with Crippen molar-refractivity contribution in [1.29, 1.82) is 0 Å². The first-order chi connectivity index (χ1) is 6.85. The number of azide groups is 1. The van der Waals surface area contributed by atoms with E-state index in [-0.39, 0.29) is 6.04 Å². The van der Waals surface area contributed by atoms with E-state index < -0.39 is 0 Å². The molecular weight excluding hydrogens is 178 g/mol. The van der Waals surface area contributed by atoms with Crippen LogP contribution in [0.4, 0.5) is 0 Å². The fourth-order valence-electron chi connectivity index (χ4n) is 1.88. The highest BCUT2D eigenvalue weighted by molar-refractivity contribution is 5.40. The highest BCUT2D eigenvalue weighted by Crippen LogP contribution is 2.35. The van der Waals surface area contributed by atoms with Crippen molar-refractivity contribution in [3.63, 3.8) is 0 Å². The fourth-order valence-corrected chi connectivity index (χ4v) is 1.88. The maximum atomic E-state index is 8.39. The van der Waals surface area contributed by atoms with Crippen LogP contribution < -0.4 is 4.74 Å². The third-order valence-electron chi connectivity index (χ3n) is 2.59. The molecule has 1 aromatic carbocycles. The Morgan fingerprint density at radius 3 is 3.14 bits per heavy atom. The Balaban J connectivity index is 2.38. The van der Waals surface area contributed by atoms with Crippen LogP contribution in [0.2, 0.25) is 0 Å². The van der Waals surface area contributed by atoms with Crippen LogP contribution in [0, 0.1) is 0 Å². The van der Waals surface area contributed by atoms with Gasteiger partial charge in [-0.25, -0.2) is 0 Å². The molecule has 0 heterocycles. The summed E-state index contributed by atoms with van der Waals surface area (Å²) in [6.07, 6.45) is 1.88. The van der Waals surface area contributed by atoms with Gasteiger partial charge in [-0.1, -0.05) is 11.2 Å². The molecule has 14 heavy (non-hydrogen) atoms.